The highest BCUT2D eigenvalue weighted by atomic mass is 32.1. The lowest BCUT2D eigenvalue weighted by molar-refractivity contribution is 1.10. The molecule has 0 aromatic carbocycles. The van der Waals surface area contributed by atoms with Gasteiger partial charge < -0.3 is 11.1 Å². The van der Waals surface area contributed by atoms with E-state index in [9.17, 15) is 0 Å². The minimum atomic E-state index is 0.328. The van der Waals surface area contributed by atoms with Gasteiger partial charge in [-0.2, -0.15) is 10.4 Å². The fourth-order valence-corrected chi connectivity index (χ4v) is 3.26. The molecule has 4 heterocycles. The molecule has 4 aromatic rings. The highest BCUT2D eigenvalue weighted by molar-refractivity contribution is 7.19. The lowest BCUT2D eigenvalue weighted by atomic mass is 10.2. The molecule has 0 aliphatic rings. The van der Waals surface area contributed by atoms with Crippen LogP contribution in [0.25, 0.3) is 21.5 Å². The molecular weight excluding hydrogens is 336 g/mol. The van der Waals surface area contributed by atoms with Crippen LogP contribution in [0, 0.1) is 11.3 Å². The van der Waals surface area contributed by atoms with Crippen LogP contribution in [0.2, 0.25) is 0 Å². The topological polar surface area (TPSA) is 129 Å². The molecule has 0 fully saturated rings. The summed E-state index contributed by atoms with van der Waals surface area (Å²) < 4.78 is 1.10. The number of hydrogen-bond acceptors (Lipinski definition) is 8. The molecule has 25 heavy (non-hydrogen) atoms. The first-order chi connectivity index (χ1) is 12.2. The van der Waals surface area contributed by atoms with E-state index in [4.69, 9.17) is 11.0 Å². The van der Waals surface area contributed by atoms with E-state index in [-0.39, 0.29) is 0 Å². The zero-order chi connectivity index (χ0) is 17.2. The summed E-state index contributed by atoms with van der Waals surface area (Å²) in [6.45, 7) is 0.584. The number of thiophene rings is 1. The molecule has 0 atom stereocenters. The highest BCUT2D eigenvalue weighted by Gasteiger charge is 2.09. The Morgan fingerprint density at radius 2 is 2.16 bits per heavy atom. The van der Waals surface area contributed by atoms with Crippen molar-refractivity contribution in [2.75, 3.05) is 11.1 Å². The molecule has 4 N–H and O–H groups in total. The number of rotatable bonds is 4. The maximum absolute atomic E-state index is 8.82. The highest BCUT2D eigenvalue weighted by Crippen LogP contribution is 2.25. The van der Waals surface area contributed by atoms with Crippen LogP contribution < -0.4 is 11.1 Å². The van der Waals surface area contributed by atoms with Gasteiger partial charge in [0.2, 0.25) is 0 Å². The molecule has 0 unspecified atom stereocenters. The van der Waals surface area contributed by atoms with Crippen LogP contribution in [0.15, 0.2) is 36.8 Å². The smallest absolute Gasteiger partial charge is 0.169 e. The third-order valence-electron chi connectivity index (χ3n) is 3.58. The van der Waals surface area contributed by atoms with Crippen LogP contribution in [0.3, 0.4) is 0 Å². The van der Waals surface area contributed by atoms with Crippen molar-refractivity contribution in [2.24, 2.45) is 0 Å². The number of pyridine rings is 1. The molecule has 122 valence electrons. The van der Waals surface area contributed by atoms with E-state index in [1.54, 1.807) is 42.1 Å². The zero-order valence-corrected chi connectivity index (χ0v) is 13.7. The summed E-state index contributed by atoms with van der Waals surface area (Å²) in [4.78, 5) is 13.9. The van der Waals surface area contributed by atoms with Crippen LogP contribution in [0.5, 0.6) is 0 Å². The second kappa shape index (κ2) is 6.18. The van der Waals surface area contributed by atoms with E-state index < -0.39 is 0 Å². The number of anilines is 2. The minimum absolute atomic E-state index is 0.328. The Labute approximate surface area is 146 Å². The monoisotopic (exact) mass is 348 g/mol. The molecule has 0 aliphatic carbocycles. The third kappa shape index (κ3) is 2.98. The second-order valence-electron chi connectivity index (χ2n) is 5.25. The lowest BCUT2D eigenvalue weighted by Gasteiger charge is -2.08. The van der Waals surface area contributed by atoms with E-state index in [1.165, 1.54) is 0 Å². The van der Waals surface area contributed by atoms with Gasteiger partial charge in [-0.1, -0.05) is 0 Å². The van der Waals surface area contributed by atoms with Gasteiger partial charge in [-0.3, -0.25) is 5.10 Å². The number of aromatic nitrogens is 5. The first kappa shape index (κ1) is 15.0. The summed E-state index contributed by atoms with van der Waals surface area (Å²) in [5.41, 5.74) is 8.70. The number of nitrogens with zero attached hydrogens (tertiary/aromatic N) is 5. The fraction of sp³-hybridized carbons (Fsp3) is 0.0625. The van der Waals surface area contributed by atoms with Crippen LogP contribution in [0.1, 0.15) is 10.6 Å². The van der Waals surface area contributed by atoms with Crippen LogP contribution in [0.4, 0.5) is 11.6 Å². The SMILES string of the molecule is N#Cc1ccc(-c2cnc(N)c(NCc3cc4[nH]ncc4s3)n2)cn1. The van der Waals surface area contributed by atoms with Gasteiger partial charge in [0.1, 0.15) is 11.8 Å². The average Bonchev–Trinajstić information content (AvgIpc) is 3.23. The Hall–Kier alpha value is -3.51. The standard InChI is InChI=1S/C16H12N8S/c17-4-10-2-1-9(5-19-10)13-7-20-15(18)16(23-13)21-6-11-3-12-14(25-11)8-22-24-12/h1-3,5,7-8H,6H2,(H2,18,20)(H,21,23)(H,22,24). The fourth-order valence-electron chi connectivity index (χ4n) is 2.34. The molecule has 9 heteroatoms. The van der Waals surface area contributed by atoms with Gasteiger partial charge in [-0.25, -0.2) is 15.0 Å². The van der Waals surface area contributed by atoms with Crippen LogP contribution in [-0.4, -0.2) is 25.1 Å². The Morgan fingerprint density at radius 1 is 1.24 bits per heavy atom. The Kier molecular flexibility index (Phi) is 3.72. The minimum Gasteiger partial charge on any atom is -0.381 e. The van der Waals surface area contributed by atoms with Crippen molar-refractivity contribution in [2.45, 2.75) is 6.54 Å². The summed E-state index contributed by atoms with van der Waals surface area (Å²) in [7, 11) is 0. The van der Waals surface area contributed by atoms with Crippen molar-refractivity contribution in [1.29, 1.82) is 5.26 Å². The molecule has 0 amide bonds. The normalized spacial score (nSPS) is 10.7. The number of nitrogens with two attached hydrogens (primary N) is 1. The summed E-state index contributed by atoms with van der Waals surface area (Å²) >= 11 is 1.65. The number of nitriles is 1. The quantitative estimate of drug-likeness (QED) is 0.517. The molecule has 0 radical (unpaired) electrons. The predicted octanol–water partition coefficient (Wildman–Crippen LogP) is 2.54. The van der Waals surface area contributed by atoms with E-state index in [1.807, 2.05) is 12.1 Å². The number of H-pyrrole nitrogens is 1. The molecule has 0 aliphatic heterocycles. The first-order valence-electron chi connectivity index (χ1n) is 7.37. The van der Waals surface area contributed by atoms with Crippen molar-refractivity contribution in [3.05, 3.63) is 47.4 Å². The summed E-state index contributed by atoms with van der Waals surface area (Å²) in [6.07, 6.45) is 4.98. The van der Waals surface area contributed by atoms with Gasteiger partial charge in [0, 0.05) is 16.6 Å². The van der Waals surface area contributed by atoms with E-state index in [0.717, 1.165) is 20.7 Å². The summed E-state index contributed by atoms with van der Waals surface area (Å²) in [6, 6.07) is 7.45. The van der Waals surface area contributed by atoms with E-state index >= 15 is 0 Å². The Bertz CT molecular complexity index is 1050. The van der Waals surface area contributed by atoms with Crippen molar-refractivity contribution in [3.63, 3.8) is 0 Å². The summed E-state index contributed by atoms with van der Waals surface area (Å²) in [5.74, 6) is 0.839. The Morgan fingerprint density at radius 3 is 2.92 bits per heavy atom. The van der Waals surface area contributed by atoms with Crippen molar-refractivity contribution < 1.29 is 0 Å². The van der Waals surface area contributed by atoms with Crippen LogP contribution >= 0.6 is 11.3 Å². The average molecular weight is 348 g/mol. The van der Waals surface area contributed by atoms with Crippen molar-refractivity contribution in [3.8, 4) is 17.3 Å². The van der Waals surface area contributed by atoms with Crippen molar-refractivity contribution in [1.82, 2.24) is 25.1 Å². The van der Waals surface area contributed by atoms with Gasteiger partial charge in [0.25, 0.3) is 0 Å². The van der Waals surface area contributed by atoms with Gasteiger partial charge in [-0.15, -0.1) is 11.3 Å². The van der Waals surface area contributed by atoms with Gasteiger partial charge in [0.15, 0.2) is 11.6 Å². The molecule has 0 bridgehead atoms. The maximum atomic E-state index is 8.82. The maximum Gasteiger partial charge on any atom is 0.169 e. The third-order valence-corrected chi connectivity index (χ3v) is 4.65. The molecule has 8 nitrogen and oxygen atoms in total. The zero-order valence-electron chi connectivity index (χ0n) is 12.9. The molecule has 0 saturated heterocycles. The van der Waals surface area contributed by atoms with Gasteiger partial charge in [0.05, 0.1) is 34.8 Å². The van der Waals surface area contributed by atoms with Gasteiger partial charge >= 0.3 is 0 Å². The number of aromatic amines is 1. The molecule has 4 rings (SSSR count). The molecular formula is C16H12N8S. The molecule has 0 saturated carbocycles. The van der Waals surface area contributed by atoms with E-state index in [2.05, 4.69) is 30.5 Å². The number of nitrogens with one attached hydrogen (secondary N) is 2. The van der Waals surface area contributed by atoms with Crippen molar-refractivity contribution >= 4 is 33.2 Å². The first-order valence-corrected chi connectivity index (χ1v) is 8.19. The largest absolute Gasteiger partial charge is 0.381 e. The molecule has 0 spiro atoms. The van der Waals surface area contributed by atoms with Gasteiger partial charge in [-0.05, 0) is 18.2 Å². The number of hydrogen-bond donors (Lipinski definition) is 3. The molecule has 4 aromatic heterocycles. The van der Waals surface area contributed by atoms with E-state index in [0.29, 0.717) is 29.6 Å². The second-order valence-corrected chi connectivity index (χ2v) is 6.42. The Balaban J connectivity index is 1.56. The number of fused-ring (bicyclic) bond motifs is 1. The number of nitrogen functional groups attached to an aromatic ring is 1. The summed E-state index contributed by atoms with van der Waals surface area (Å²) in [5, 5.41) is 19.0. The lowest BCUT2D eigenvalue weighted by Crippen LogP contribution is -2.06. The van der Waals surface area contributed by atoms with Crippen LogP contribution in [-0.2, 0) is 6.54 Å². The predicted molar refractivity (Wildman–Crippen MR) is 95.7 cm³/mol.